The van der Waals surface area contributed by atoms with Crippen LogP contribution in [0.15, 0.2) is 41.0 Å². The molecule has 1 aromatic heterocycles. The fourth-order valence-corrected chi connectivity index (χ4v) is 1.84. The SMILES string of the molecule is Cc1occc1C(N)c1ccccc1OC(F)(F)F. The highest BCUT2D eigenvalue weighted by atomic mass is 19.4. The third-order valence-corrected chi connectivity index (χ3v) is 2.71. The molecule has 3 nitrogen and oxygen atoms in total. The summed E-state index contributed by atoms with van der Waals surface area (Å²) in [4.78, 5) is 0. The summed E-state index contributed by atoms with van der Waals surface area (Å²) in [6, 6.07) is 6.69. The van der Waals surface area contributed by atoms with Crippen molar-refractivity contribution in [1.29, 1.82) is 0 Å². The Bertz CT molecular complexity index is 563. The summed E-state index contributed by atoms with van der Waals surface area (Å²) in [6.07, 6.45) is -3.31. The zero-order valence-corrected chi connectivity index (χ0v) is 10.1. The summed E-state index contributed by atoms with van der Waals surface area (Å²) in [5.74, 6) is 0.261. The number of benzene rings is 1. The fraction of sp³-hybridized carbons (Fsp3) is 0.231. The molecule has 0 aliphatic rings. The van der Waals surface area contributed by atoms with Crippen LogP contribution >= 0.6 is 0 Å². The van der Waals surface area contributed by atoms with Crippen molar-refractivity contribution < 1.29 is 22.3 Å². The third kappa shape index (κ3) is 3.08. The Hall–Kier alpha value is -1.95. The molecular formula is C13H12F3NO2. The summed E-state index contributed by atoms with van der Waals surface area (Å²) < 4.78 is 46.1. The minimum atomic E-state index is -4.75. The molecule has 2 N–H and O–H groups in total. The van der Waals surface area contributed by atoms with Crippen LogP contribution in [0.4, 0.5) is 13.2 Å². The lowest BCUT2D eigenvalue weighted by molar-refractivity contribution is -0.274. The van der Waals surface area contributed by atoms with Gasteiger partial charge in [0.15, 0.2) is 0 Å². The van der Waals surface area contributed by atoms with E-state index in [9.17, 15) is 13.2 Å². The van der Waals surface area contributed by atoms with E-state index in [4.69, 9.17) is 10.2 Å². The van der Waals surface area contributed by atoms with Gasteiger partial charge in [-0.05, 0) is 19.1 Å². The first-order valence-corrected chi connectivity index (χ1v) is 5.53. The van der Waals surface area contributed by atoms with Crippen molar-refractivity contribution in [3.05, 3.63) is 53.5 Å². The number of hydrogen-bond donors (Lipinski definition) is 1. The molecule has 19 heavy (non-hydrogen) atoms. The second-order valence-corrected chi connectivity index (χ2v) is 4.00. The van der Waals surface area contributed by atoms with Gasteiger partial charge in [-0.25, -0.2) is 0 Å². The molecule has 0 radical (unpaired) electrons. The van der Waals surface area contributed by atoms with Crippen LogP contribution in [0.5, 0.6) is 5.75 Å². The molecule has 1 heterocycles. The van der Waals surface area contributed by atoms with Gasteiger partial charge >= 0.3 is 6.36 Å². The first kappa shape index (κ1) is 13.5. The normalized spacial score (nSPS) is 13.3. The van der Waals surface area contributed by atoms with E-state index in [2.05, 4.69) is 4.74 Å². The minimum Gasteiger partial charge on any atom is -0.469 e. The van der Waals surface area contributed by atoms with Crippen LogP contribution in [0.3, 0.4) is 0 Å². The number of halogens is 3. The molecule has 6 heteroatoms. The molecule has 0 saturated carbocycles. The lowest BCUT2D eigenvalue weighted by atomic mass is 9.99. The lowest BCUT2D eigenvalue weighted by Gasteiger charge is -2.17. The Balaban J connectivity index is 2.37. The zero-order chi connectivity index (χ0) is 14.0. The van der Waals surface area contributed by atoms with Gasteiger partial charge in [-0.15, -0.1) is 13.2 Å². The van der Waals surface area contributed by atoms with Gasteiger partial charge in [-0.2, -0.15) is 0 Å². The molecule has 1 aromatic carbocycles. The molecule has 1 atom stereocenters. The Kier molecular flexibility index (Phi) is 3.53. The van der Waals surface area contributed by atoms with Crippen molar-refractivity contribution in [2.45, 2.75) is 19.3 Å². The molecule has 0 aliphatic carbocycles. The summed E-state index contributed by atoms with van der Waals surface area (Å²) in [5.41, 5.74) is 6.85. The van der Waals surface area contributed by atoms with Gasteiger partial charge in [0.1, 0.15) is 11.5 Å². The van der Waals surface area contributed by atoms with Gasteiger partial charge in [0.25, 0.3) is 0 Å². The average molecular weight is 271 g/mol. The highest BCUT2D eigenvalue weighted by Gasteiger charge is 2.33. The maximum Gasteiger partial charge on any atom is 0.573 e. The van der Waals surface area contributed by atoms with Gasteiger partial charge in [-0.3, -0.25) is 0 Å². The van der Waals surface area contributed by atoms with Crippen LogP contribution in [0, 0.1) is 6.92 Å². The van der Waals surface area contributed by atoms with E-state index < -0.39 is 12.4 Å². The fourth-order valence-electron chi connectivity index (χ4n) is 1.84. The van der Waals surface area contributed by atoms with Gasteiger partial charge in [0.2, 0.25) is 0 Å². The molecule has 102 valence electrons. The molecule has 2 rings (SSSR count). The van der Waals surface area contributed by atoms with Crippen molar-refractivity contribution in [3.63, 3.8) is 0 Å². The minimum absolute atomic E-state index is 0.254. The summed E-state index contributed by atoms with van der Waals surface area (Å²) >= 11 is 0. The molecule has 0 aliphatic heterocycles. The van der Waals surface area contributed by atoms with Crippen molar-refractivity contribution in [2.24, 2.45) is 5.73 Å². The van der Waals surface area contributed by atoms with Gasteiger partial charge in [0.05, 0.1) is 12.3 Å². The van der Waals surface area contributed by atoms with Crippen molar-refractivity contribution >= 4 is 0 Å². The van der Waals surface area contributed by atoms with Gasteiger partial charge in [-0.1, -0.05) is 18.2 Å². The summed E-state index contributed by atoms with van der Waals surface area (Å²) in [5, 5.41) is 0. The van der Waals surface area contributed by atoms with E-state index in [1.807, 2.05) is 0 Å². The standard InChI is InChI=1S/C13H12F3NO2/c1-8-9(6-7-18-8)12(17)10-4-2-3-5-11(10)19-13(14,15)16/h2-7,12H,17H2,1H3. The molecule has 0 amide bonds. The zero-order valence-electron chi connectivity index (χ0n) is 10.1. The molecule has 0 bridgehead atoms. The first-order valence-electron chi connectivity index (χ1n) is 5.53. The van der Waals surface area contributed by atoms with E-state index in [0.717, 1.165) is 0 Å². The molecule has 0 saturated heterocycles. The largest absolute Gasteiger partial charge is 0.573 e. The van der Waals surface area contributed by atoms with Crippen molar-refractivity contribution in [1.82, 2.24) is 0 Å². The second kappa shape index (κ2) is 4.97. The quantitative estimate of drug-likeness (QED) is 0.928. The van der Waals surface area contributed by atoms with Gasteiger partial charge in [0, 0.05) is 11.1 Å². The number of rotatable bonds is 3. The predicted octanol–water partition coefficient (Wildman–Crippen LogP) is 3.53. The average Bonchev–Trinajstić information content (AvgIpc) is 2.73. The molecule has 1 unspecified atom stereocenters. The van der Waals surface area contributed by atoms with E-state index in [1.165, 1.54) is 24.5 Å². The smallest absolute Gasteiger partial charge is 0.469 e. The number of ether oxygens (including phenoxy) is 1. The lowest BCUT2D eigenvalue weighted by Crippen LogP contribution is -2.20. The molecule has 2 aromatic rings. The Labute approximate surface area is 107 Å². The number of aryl methyl sites for hydroxylation is 1. The number of hydrogen-bond acceptors (Lipinski definition) is 3. The van der Waals surface area contributed by atoms with Crippen LogP contribution < -0.4 is 10.5 Å². The third-order valence-electron chi connectivity index (χ3n) is 2.71. The highest BCUT2D eigenvalue weighted by Crippen LogP contribution is 2.33. The van der Waals surface area contributed by atoms with Crippen LogP contribution in [-0.4, -0.2) is 6.36 Å². The number of furan rings is 1. The Morgan fingerprint density at radius 2 is 1.84 bits per heavy atom. The Morgan fingerprint density at radius 3 is 2.42 bits per heavy atom. The first-order chi connectivity index (χ1) is 8.88. The molecule has 0 spiro atoms. The summed E-state index contributed by atoms with van der Waals surface area (Å²) in [6.45, 7) is 1.70. The van der Waals surface area contributed by atoms with Crippen molar-refractivity contribution in [2.75, 3.05) is 0 Å². The van der Waals surface area contributed by atoms with Gasteiger partial charge < -0.3 is 14.9 Å². The second-order valence-electron chi connectivity index (χ2n) is 4.00. The molecular weight excluding hydrogens is 259 g/mol. The van der Waals surface area contributed by atoms with E-state index in [0.29, 0.717) is 11.3 Å². The van der Waals surface area contributed by atoms with Crippen LogP contribution in [0.1, 0.15) is 22.9 Å². The van der Waals surface area contributed by atoms with Crippen LogP contribution in [-0.2, 0) is 0 Å². The number of para-hydroxylation sites is 1. The summed E-state index contributed by atoms with van der Waals surface area (Å²) in [7, 11) is 0. The maximum atomic E-state index is 12.3. The predicted molar refractivity (Wildman–Crippen MR) is 62.6 cm³/mol. The van der Waals surface area contributed by atoms with E-state index >= 15 is 0 Å². The maximum absolute atomic E-state index is 12.3. The van der Waals surface area contributed by atoms with Crippen LogP contribution in [0.2, 0.25) is 0 Å². The number of nitrogens with two attached hydrogens (primary N) is 1. The van der Waals surface area contributed by atoms with E-state index in [-0.39, 0.29) is 11.3 Å². The topological polar surface area (TPSA) is 48.4 Å². The van der Waals surface area contributed by atoms with Crippen molar-refractivity contribution in [3.8, 4) is 5.75 Å². The highest BCUT2D eigenvalue weighted by molar-refractivity contribution is 5.41. The molecule has 0 fully saturated rings. The Morgan fingerprint density at radius 1 is 1.16 bits per heavy atom. The van der Waals surface area contributed by atoms with E-state index in [1.54, 1.807) is 19.1 Å². The number of alkyl halides is 3. The van der Waals surface area contributed by atoms with Crippen LogP contribution in [0.25, 0.3) is 0 Å². The monoisotopic (exact) mass is 271 g/mol.